The number of methoxy groups -OCH3 is 1. The van der Waals surface area contributed by atoms with Gasteiger partial charge in [-0.05, 0) is 41.3 Å². The number of pyridine rings is 1. The third-order valence-corrected chi connectivity index (χ3v) is 5.93. The lowest BCUT2D eigenvalue weighted by atomic mass is 9.92. The van der Waals surface area contributed by atoms with Crippen LogP contribution in [-0.4, -0.2) is 48.6 Å². The molecule has 7 nitrogen and oxygen atoms in total. The van der Waals surface area contributed by atoms with Crippen LogP contribution in [0.3, 0.4) is 0 Å². The lowest BCUT2D eigenvalue weighted by Gasteiger charge is -2.20. The third kappa shape index (κ3) is 5.30. The molecule has 186 valence electrons. The molecule has 0 saturated carbocycles. The maximum Gasteiger partial charge on any atom is 0.255 e. The Morgan fingerprint density at radius 3 is 2.47 bits per heavy atom. The van der Waals surface area contributed by atoms with Gasteiger partial charge in [-0.15, -0.1) is 0 Å². The second-order valence-corrected chi connectivity index (χ2v) is 10.3. The molecule has 0 aliphatic carbocycles. The van der Waals surface area contributed by atoms with E-state index in [-0.39, 0.29) is 17.2 Å². The fraction of sp³-hybridized carbons (Fsp3) is 0.310. The highest BCUT2D eigenvalue weighted by Crippen LogP contribution is 2.32. The Morgan fingerprint density at radius 2 is 1.78 bits per heavy atom. The van der Waals surface area contributed by atoms with Crippen LogP contribution < -0.4 is 10.1 Å². The van der Waals surface area contributed by atoms with Crippen molar-refractivity contribution in [2.75, 3.05) is 26.5 Å². The molecule has 1 aromatic heterocycles. The van der Waals surface area contributed by atoms with Crippen LogP contribution in [0.15, 0.2) is 59.7 Å². The summed E-state index contributed by atoms with van der Waals surface area (Å²) in [6, 6.07) is 15.3. The van der Waals surface area contributed by atoms with Gasteiger partial charge in [-0.3, -0.25) is 19.6 Å². The van der Waals surface area contributed by atoms with Crippen LogP contribution in [0.2, 0.25) is 0 Å². The minimum Gasteiger partial charge on any atom is -0.496 e. The predicted octanol–water partition coefficient (Wildman–Crippen LogP) is 5.18. The zero-order valence-electron chi connectivity index (χ0n) is 21.7. The molecule has 0 fully saturated rings. The molecule has 3 aromatic rings. The minimum atomic E-state index is -0.187. The van der Waals surface area contributed by atoms with Gasteiger partial charge in [0, 0.05) is 43.4 Å². The molecule has 0 unspecified atom stereocenters. The van der Waals surface area contributed by atoms with Crippen LogP contribution in [0.1, 0.15) is 54.4 Å². The number of hydrogen-bond acceptors (Lipinski definition) is 5. The smallest absolute Gasteiger partial charge is 0.255 e. The third-order valence-electron chi connectivity index (χ3n) is 5.93. The number of benzene rings is 2. The van der Waals surface area contributed by atoms with Crippen LogP contribution in [-0.2, 0) is 11.3 Å². The van der Waals surface area contributed by atoms with Crippen molar-refractivity contribution in [3.63, 3.8) is 0 Å². The van der Waals surface area contributed by atoms with E-state index in [0.717, 1.165) is 39.4 Å². The lowest BCUT2D eigenvalue weighted by molar-refractivity contribution is -0.117. The van der Waals surface area contributed by atoms with Gasteiger partial charge in [-0.25, -0.2) is 0 Å². The SMILES string of the molecule is COc1ccccc1C1=NCc2ncc(-c3ccc(NC(=O)CC(C)(C)C)c(C(=O)N(C)C)c3)cc21. The van der Waals surface area contributed by atoms with Crippen molar-refractivity contribution < 1.29 is 14.3 Å². The van der Waals surface area contributed by atoms with E-state index in [2.05, 4.69) is 16.4 Å². The molecule has 4 rings (SSSR count). The summed E-state index contributed by atoms with van der Waals surface area (Å²) >= 11 is 0. The number of rotatable bonds is 6. The van der Waals surface area contributed by atoms with Crippen LogP contribution in [0, 0.1) is 5.41 Å². The molecule has 0 saturated heterocycles. The first-order chi connectivity index (χ1) is 17.1. The molecular weight excluding hydrogens is 452 g/mol. The largest absolute Gasteiger partial charge is 0.496 e. The second kappa shape index (κ2) is 9.93. The Labute approximate surface area is 212 Å². The highest BCUT2D eigenvalue weighted by atomic mass is 16.5. The lowest BCUT2D eigenvalue weighted by Crippen LogP contribution is -2.25. The number of nitrogens with one attached hydrogen (secondary N) is 1. The van der Waals surface area contributed by atoms with Gasteiger partial charge in [-0.1, -0.05) is 39.0 Å². The van der Waals surface area contributed by atoms with E-state index in [1.807, 2.05) is 57.2 Å². The number of hydrogen-bond donors (Lipinski definition) is 1. The van der Waals surface area contributed by atoms with E-state index in [0.29, 0.717) is 24.2 Å². The van der Waals surface area contributed by atoms with Crippen LogP contribution in [0.4, 0.5) is 5.69 Å². The van der Waals surface area contributed by atoms with Crippen molar-refractivity contribution in [1.82, 2.24) is 9.88 Å². The molecule has 1 N–H and O–H groups in total. The topological polar surface area (TPSA) is 83.9 Å². The summed E-state index contributed by atoms with van der Waals surface area (Å²) in [6.45, 7) is 6.52. The van der Waals surface area contributed by atoms with Gasteiger partial charge < -0.3 is 15.0 Å². The number of carbonyl (C=O) groups excluding carboxylic acids is 2. The van der Waals surface area contributed by atoms with Crippen LogP contribution >= 0.6 is 0 Å². The zero-order valence-corrected chi connectivity index (χ0v) is 21.7. The molecule has 0 atom stereocenters. The van der Waals surface area contributed by atoms with E-state index in [1.165, 1.54) is 4.90 Å². The minimum absolute atomic E-state index is 0.125. The fourth-order valence-corrected chi connectivity index (χ4v) is 4.22. The molecule has 0 bridgehead atoms. The Bertz CT molecular complexity index is 1350. The van der Waals surface area contributed by atoms with Crippen molar-refractivity contribution in [3.8, 4) is 16.9 Å². The van der Waals surface area contributed by atoms with Gasteiger partial charge >= 0.3 is 0 Å². The number of amides is 2. The summed E-state index contributed by atoms with van der Waals surface area (Å²) in [5, 5.41) is 2.93. The van der Waals surface area contributed by atoms with Crippen molar-refractivity contribution in [2.45, 2.75) is 33.7 Å². The molecule has 2 heterocycles. The second-order valence-electron chi connectivity index (χ2n) is 10.3. The van der Waals surface area contributed by atoms with Gasteiger partial charge in [-0.2, -0.15) is 0 Å². The van der Waals surface area contributed by atoms with E-state index in [9.17, 15) is 9.59 Å². The summed E-state index contributed by atoms with van der Waals surface area (Å²) in [5.74, 6) is 0.442. The van der Waals surface area contributed by atoms with Crippen molar-refractivity contribution in [1.29, 1.82) is 0 Å². The van der Waals surface area contributed by atoms with Crippen molar-refractivity contribution in [2.24, 2.45) is 10.4 Å². The normalized spacial score (nSPS) is 12.6. The number of carbonyl (C=O) groups is 2. The molecule has 1 aliphatic heterocycles. The summed E-state index contributed by atoms with van der Waals surface area (Å²) in [5.41, 5.74) is 6.05. The van der Waals surface area contributed by atoms with Gasteiger partial charge in [0.1, 0.15) is 5.75 Å². The molecule has 0 radical (unpaired) electrons. The van der Waals surface area contributed by atoms with E-state index >= 15 is 0 Å². The van der Waals surface area contributed by atoms with Gasteiger partial charge in [0.15, 0.2) is 0 Å². The van der Waals surface area contributed by atoms with E-state index in [1.54, 1.807) is 33.5 Å². The summed E-state index contributed by atoms with van der Waals surface area (Å²) < 4.78 is 5.55. The zero-order chi connectivity index (χ0) is 26.0. The molecule has 0 spiro atoms. The van der Waals surface area contributed by atoms with Crippen molar-refractivity contribution in [3.05, 3.63) is 77.1 Å². The summed E-state index contributed by atoms with van der Waals surface area (Å²) in [7, 11) is 5.04. The standard InChI is InChI=1S/C29H32N4O3/c1-29(2,3)15-26(34)32-23-12-11-18(13-22(23)28(35)33(4)5)19-14-21-24(30-16-19)17-31-27(21)20-9-7-8-10-25(20)36-6/h7-14,16H,15,17H2,1-6H3,(H,32,34). The monoisotopic (exact) mass is 484 g/mol. The first-order valence-electron chi connectivity index (χ1n) is 11.9. The number of para-hydroxylation sites is 1. The summed E-state index contributed by atoms with van der Waals surface area (Å²) in [6.07, 6.45) is 2.15. The molecule has 2 aromatic carbocycles. The number of aliphatic imine (C=N–C) groups is 1. The first kappa shape index (κ1) is 25.1. The van der Waals surface area contributed by atoms with Gasteiger partial charge in [0.05, 0.1) is 36.3 Å². The fourth-order valence-electron chi connectivity index (χ4n) is 4.22. The molecule has 36 heavy (non-hydrogen) atoms. The van der Waals surface area contributed by atoms with Crippen LogP contribution in [0.25, 0.3) is 11.1 Å². The molecule has 2 amide bonds. The van der Waals surface area contributed by atoms with Crippen molar-refractivity contribution >= 4 is 23.2 Å². The average molecular weight is 485 g/mol. The maximum absolute atomic E-state index is 13.0. The highest BCUT2D eigenvalue weighted by Gasteiger charge is 2.23. The number of fused-ring (bicyclic) bond motifs is 1. The Morgan fingerprint density at radius 1 is 1.03 bits per heavy atom. The van der Waals surface area contributed by atoms with E-state index < -0.39 is 0 Å². The van der Waals surface area contributed by atoms with Crippen LogP contribution in [0.5, 0.6) is 5.75 Å². The highest BCUT2D eigenvalue weighted by molar-refractivity contribution is 6.16. The average Bonchev–Trinajstić information content (AvgIpc) is 3.25. The van der Waals surface area contributed by atoms with Gasteiger partial charge in [0.25, 0.3) is 5.91 Å². The van der Waals surface area contributed by atoms with Gasteiger partial charge in [0.2, 0.25) is 5.91 Å². The molecular formula is C29H32N4O3. The predicted molar refractivity (Wildman–Crippen MR) is 143 cm³/mol. The Hall–Kier alpha value is -4.00. The molecule has 7 heteroatoms. The Kier molecular flexibility index (Phi) is 6.93. The number of nitrogens with zero attached hydrogens (tertiary/aromatic N) is 3. The molecule has 1 aliphatic rings. The first-order valence-corrected chi connectivity index (χ1v) is 11.9. The number of ether oxygens (including phenoxy) is 1. The van der Waals surface area contributed by atoms with E-state index in [4.69, 9.17) is 9.73 Å². The Balaban J connectivity index is 1.72. The number of aromatic nitrogens is 1. The summed E-state index contributed by atoms with van der Waals surface area (Å²) in [4.78, 5) is 36.5. The number of anilines is 1. The quantitative estimate of drug-likeness (QED) is 0.522. The maximum atomic E-state index is 13.0.